The van der Waals surface area contributed by atoms with Gasteiger partial charge in [0.25, 0.3) is 0 Å². The summed E-state index contributed by atoms with van der Waals surface area (Å²) < 4.78 is 27.9. The van der Waals surface area contributed by atoms with Crippen molar-refractivity contribution in [3.05, 3.63) is 0 Å². The second-order valence-electron chi connectivity index (χ2n) is 1.17. The Morgan fingerprint density at radius 1 is 1.45 bits per heavy atom. The van der Waals surface area contributed by atoms with Crippen molar-refractivity contribution in [2.24, 2.45) is 0 Å². The number of hydrogen-bond donors (Lipinski definition) is 1. The molecule has 1 N–H and O–H groups in total. The maximum absolute atomic E-state index is 10.3. The third-order valence-corrected chi connectivity index (χ3v) is 2.25. The molecule has 2 unspecified atom stereocenters. The van der Waals surface area contributed by atoms with Crippen LogP contribution in [0.2, 0.25) is 0 Å². The van der Waals surface area contributed by atoms with Crippen LogP contribution in [0.3, 0.4) is 0 Å². The largest absolute Gasteiger partial charge is 1.00 e. The predicted molar refractivity (Wildman–Crippen MR) is 32.1 cm³/mol. The number of aliphatic hydroxyl groups excluding tert-OH is 1. The van der Waals surface area contributed by atoms with Crippen LogP contribution in [0.5, 0.6) is 0 Å². The monoisotopic (exact) mass is 212 g/mol. The molecule has 0 aromatic heterocycles. The van der Waals surface area contributed by atoms with Crippen LogP contribution in [-0.4, -0.2) is 18.3 Å². The summed E-state index contributed by atoms with van der Waals surface area (Å²) in [6, 6.07) is 0. The average molecular weight is 212 g/mol. The molecule has 0 aliphatic carbocycles. The SMILES string of the molecule is O=[PH]([O-])O[PH](=O)OCCO.[Na+]. The minimum absolute atomic E-state index is 0. The Morgan fingerprint density at radius 3 is 2.36 bits per heavy atom. The molecule has 0 saturated carbocycles. The summed E-state index contributed by atoms with van der Waals surface area (Å²) in [5.41, 5.74) is 0. The van der Waals surface area contributed by atoms with Gasteiger partial charge in [-0.3, -0.25) is 8.88 Å². The molecule has 0 saturated heterocycles. The van der Waals surface area contributed by atoms with Crippen molar-refractivity contribution in [1.29, 1.82) is 0 Å². The Hall–Kier alpha value is 1.30. The Balaban J connectivity index is 0. The van der Waals surface area contributed by atoms with Crippen LogP contribution < -0.4 is 34.5 Å². The van der Waals surface area contributed by atoms with Gasteiger partial charge in [0.2, 0.25) is 0 Å². The number of hydrogen-bond acceptors (Lipinski definition) is 6. The fraction of sp³-hybridized carbons (Fsp3) is 1.00. The molecule has 2 atom stereocenters. The quantitative estimate of drug-likeness (QED) is 0.370. The maximum atomic E-state index is 10.3. The molecule has 6 nitrogen and oxygen atoms in total. The topological polar surface area (TPSA) is 95.9 Å². The molecule has 0 amide bonds. The summed E-state index contributed by atoms with van der Waals surface area (Å²) in [5, 5.41) is 8.10. The van der Waals surface area contributed by atoms with Gasteiger partial charge < -0.3 is 19.1 Å². The number of aliphatic hydroxyl groups is 1. The summed E-state index contributed by atoms with van der Waals surface area (Å²) in [6.07, 6.45) is 0. The van der Waals surface area contributed by atoms with Gasteiger partial charge in [0.15, 0.2) is 0 Å². The maximum Gasteiger partial charge on any atom is 1.00 e. The molecule has 11 heavy (non-hydrogen) atoms. The minimum atomic E-state index is -3.44. The van der Waals surface area contributed by atoms with Gasteiger partial charge in [0, 0.05) is 0 Å². The molecule has 0 radical (unpaired) electrons. The predicted octanol–water partition coefficient (Wildman–Crippen LogP) is -3.84. The van der Waals surface area contributed by atoms with Gasteiger partial charge in [-0.2, -0.15) is 0 Å². The molecular formula is C2H7NaO6P2. The Kier molecular flexibility index (Phi) is 12.6. The minimum Gasteiger partial charge on any atom is -0.781 e. The standard InChI is InChI=1S/C2H8O6P2.Na/c3-1-2-7-10(6)8-9(4)5;/h3,9-10H,1-2H2,(H,4,5);/q;+1/p-1. The molecule has 0 fully saturated rings. The third kappa shape index (κ3) is 11.3. The van der Waals surface area contributed by atoms with E-state index in [1.54, 1.807) is 0 Å². The summed E-state index contributed by atoms with van der Waals surface area (Å²) in [5.74, 6) is 0. The van der Waals surface area contributed by atoms with Crippen LogP contribution in [0.1, 0.15) is 0 Å². The van der Waals surface area contributed by atoms with E-state index in [2.05, 4.69) is 8.83 Å². The van der Waals surface area contributed by atoms with Gasteiger partial charge in [-0.05, 0) is 0 Å². The smallest absolute Gasteiger partial charge is 0.781 e. The van der Waals surface area contributed by atoms with Gasteiger partial charge in [-0.1, -0.05) is 0 Å². The van der Waals surface area contributed by atoms with E-state index in [4.69, 9.17) is 5.11 Å². The normalized spacial score (nSPS) is 15.1. The Bertz CT molecular complexity index is 139. The fourth-order valence-corrected chi connectivity index (χ4v) is 1.26. The summed E-state index contributed by atoms with van der Waals surface area (Å²) in [7, 11) is -6.38. The van der Waals surface area contributed by atoms with Crippen molar-refractivity contribution in [1.82, 2.24) is 0 Å². The van der Waals surface area contributed by atoms with Crippen LogP contribution >= 0.6 is 16.5 Å². The molecule has 0 aliphatic heterocycles. The van der Waals surface area contributed by atoms with Crippen molar-refractivity contribution in [2.75, 3.05) is 13.2 Å². The van der Waals surface area contributed by atoms with E-state index in [9.17, 15) is 14.0 Å². The Labute approximate surface area is 87.1 Å². The first-order valence-electron chi connectivity index (χ1n) is 2.33. The van der Waals surface area contributed by atoms with E-state index in [-0.39, 0.29) is 42.8 Å². The first kappa shape index (κ1) is 14.8. The van der Waals surface area contributed by atoms with E-state index in [0.717, 1.165) is 0 Å². The van der Waals surface area contributed by atoms with Crippen molar-refractivity contribution in [2.45, 2.75) is 0 Å². The molecule has 0 aromatic rings. The molecule has 0 aliphatic rings. The molecule has 9 heteroatoms. The van der Waals surface area contributed by atoms with Crippen molar-refractivity contribution in [3.8, 4) is 0 Å². The van der Waals surface area contributed by atoms with E-state index in [1.807, 2.05) is 0 Å². The van der Waals surface area contributed by atoms with Gasteiger partial charge in [0.05, 0.1) is 13.2 Å². The van der Waals surface area contributed by atoms with Crippen molar-refractivity contribution in [3.63, 3.8) is 0 Å². The second-order valence-corrected chi connectivity index (χ2v) is 3.28. The number of rotatable bonds is 5. The first-order valence-corrected chi connectivity index (χ1v) is 4.78. The first-order chi connectivity index (χ1) is 4.66. The zero-order chi connectivity index (χ0) is 7.98. The van der Waals surface area contributed by atoms with Crippen molar-refractivity contribution >= 4 is 16.5 Å². The molecule has 0 heterocycles. The fourth-order valence-electron chi connectivity index (χ4n) is 0.226. The van der Waals surface area contributed by atoms with E-state index in [1.165, 1.54) is 0 Å². The summed E-state index contributed by atoms with van der Waals surface area (Å²) >= 11 is 0. The molecule has 0 spiro atoms. The third-order valence-electron chi connectivity index (χ3n) is 0.478. The summed E-state index contributed by atoms with van der Waals surface area (Å²) in [6.45, 7) is -0.507. The molecule has 0 rings (SSSR count). The zero-order valence-electron chi connectivity index (χ0n) is 5.90. The Morgan fingerprint density at radius 2 is 2.00 bits per heavy atom. The van der Waals surface area contributed by atoms with Crippen LogP contribution in [0.15, 0.2) is 0 Å². The van der Waals surface area contributed by atoms with Crippen LogP contribution in [0.25, 0.3) is 0 Å². The molecule has 0 bridgehead atoms. The van der Waals surface area contributed by atoms with E-state index >= 15 is 0 Å². The average Bonchev–Trinajstić information content (AvgIpc) is 1.82. The second kappa shape index (κ2) is 9.39. The van der Waals surface area contributed by atoms with Gasteiger partial charge in [-0.15, -0.1) is 0 Å². The van der Waals surface area contributed by atoms with Crippen LogP contribution in [-0.2, 0) is 18.0 Å². The summed E-state index contributed by atoms with van der Waals surface area (Å²) in [4.78, 5) is 9.71. The zero-order valence-corrected chi connectivity index (χ0v) is 9.90. The van der Waals surface area contributed by atoms with Crippen LogP contribution in [0.4, 0.5) is 0 Å². The van der Waals surface area contributed by atoms with E-state index < -0.39 is 16.5 Å². The molecule has 62 valence electrons. The molecule has 0 aromatic carbocycles. The van der Waals surface area contributed by atoms with Gasteiger partial charge >= 0.3 is 37.8 Å². The van der Waals surface area contributed by atoms with Gasteiger partial charge in [0.1, 0.15) is 8.25 Å². The van der Waals surface area contributed by atoms with Crippen molar-refractivity contribution < 1.29 is 57.5 Å². The van der Waals surface area contributed by atoms with Gasteiger partial charge in [-0.25, -0.2) is 0 Å². The molecular weight excluding hydrogens is 205 g/mol. The van der Waals surface area contributed by atoms with Crippen LogP contribution in [0, 0.1) is 0 Å². The van der Waals surface area contributed by atoms with E-state index in [0.29, 0.717) is 0 Å².